The summed E-state index contributed by atoms with van der Waals surface area (Å²) in [5.41, 5.74) is 4.04. The van der Waals surface area contributed by atoms with Crippen molar-refractivity contribution < 1.29 is 5.11 Å². The highest BCUT2D eigenvalue weighted by Gasteiger charge is 2.12. The van der Waals surface area contributed by atoms with Gasteiger partial charge in [0.05, 0.1) is 17.1 Å². The molecule has 3 heteroatoms. The molecule has 2 aromatic carbocycles. The number of imidazole rings is 1. The quantitative estimate of drug-likeness (QED) is 0.786. The average Bonchev–Trinajstić information content (AvgIpc) is 2.85. The van der Waals surface area contributed by atoms with Crippen molar-refractivity contribution in [2.24, 2.45) is 0 Å². The van der Waals surface area contributed by atoms with Crippen molar-refractivity contribution in [1.82, 2.24) is 9.55 Å². The fourth-order valence-corrected chi connectivity index (χ4v) is 2.51. The van der Waals surface area contributed by atoms with Crippen molar-refractivity contribution in [3.8, 4) is 5.69 Å². The summed E-state index contributed by atoms with van der Waals surface area (Å²) in [6, 6.07) is 16.2. The van der Waals surface area contributed by atoms with Gasteiger partial charge in [-0.25, -0.2) is 4.98 Å². The van der Waals surface area contributed by atoms with Gasteiger partial charge in [0.25, 0.3) is 0 Å². The van der Waals surface area contributed by atoms with Gasteiger partial charge < -0.3 is 5.11 Å². The van der Waals surface area contributed by atoms with Gasteiger partial charge in [0, 0.05) is 12.1 Å². The Labute approximate surface area is 118 Å². The predicted molar refractivity (Wildman–Crippen MR) is 81.1 cm³/mol. The van der Waals surface area contributed by atoms with Crippen molar-refractivity contribution in [2.75, 3.05) is 0 Å². The number of nitrogens with zero attached hydrogens (tertiary/aromatic N) is 2. The number of hydrogen-bond acceptors (Lipinski definition) is 2. The smallest absolute Gasteiger partial charge is 0.114 e. The number of fused-ring (bicyclic) bond motifs is 1. The topological polar surface area (TPSA) is 38.1 Å². The average molecular weight is 266 g/mol. The maximum Gasteiger partial charge on any atom is 0.114 e. The lowest BCUT2D eigenvalue weighted by Gasteiger charge is -2.08. The molecule has 3 rings (SSSR count). The molecule has 3 nitrogen and oxygen atoms in total. The first-order valence-corrected chi connectivity index (χ1v) is 6.95. The molecule has 1 unspecified atom stereocenters. The highest BCUT2D eigenvalue weighted by molar-refractivity contribution is 5.79. The molecule has 1 aromatic heterocycles. The van der Waals surface area contributed by atoms with Crippen LogP contribution in [-0.2, 0) is 6.42 Å². The zero-order chi connectivity index (χ0) is 14.1. The first kappa shape index (κ1) is 12.9. The van der Waals surface area contributed by atoms with Crippen LogP contribution in [0.3, 0.4) is 0 Å². The van der Waals surface area contributed by atoms with Crippen molar-refractivity contribution in [3.63, 3.8) is 0 Å². The highest BCUT2D eigenvalue weighted by Crippen LogP contribution is 2.24. The first-order chi connectivity index (χ1) is 9.70. The third kappa shape index (κ3) is 2.10. The lowest BCUT2D eigenvalue weighted by atomic mass is 10.1. The minimum absolute atomic E-state index is 0.466. The monoisotopic (exact) mass is 266 g/mol. The largest absolute Gasteiger partial charge is 0.389 e. The molecule has 0 aliphatic rings. The van der Waals surface area contributed by atoms with Gasteiger partial charge in [-0.3, -0.25) is 4.57 Å². The molecule has 0 saturated carbocycles. The summed E-state index contributed by atoms with van der Waals surface area (Å²) >= 11 is 0. The number of hydrogen-bond donors (Lipinski definition) is 1. The standard InChI is InChI=1S/C17H18N2O/c1-3-17-18-15-11-13(12(2)20)9-10-16(15)19(17)14-7-5-4-6-8-14/h4-12,20H,3H2,1-2H3. The molecule has 20 heavy (non-hydrogen) atoms. The fraction of sp³-hybridized carbons (Fsp3) is 0.235. The van der Waals surface area contributed by atoms with Gasteiger partial charge in [0.1, 0.15) is 5.82 Å². The summed E-state index contributed by atoms with van der Waals surface area (Å²) in [5, 5.41) is 9.70. The second kappa shape index (κ2) is 5.10. The Hall–Kier alpha value is -2.13. The maximum absolute atomic E-state index is 9.70. The lowest BCUT2D eigenvalue weighted by molar-refractivity contribution is 0.199. The second-order valence-corrected chi connectivity index (χ2v) is 4.98. The minimum Gasteiger partial charge on any atom is -0.389 e. The second-order valence-electron chi connectivity index (χ2n) is 4.98. The normalized spacial score (nSPS) is 12.8. The van der Waals surface area contributed by atoms with Crippen molar-refractivity contribution >= 4 is 11.0 Å². The Balaban J connectivity index is 2.25. The minimum atomic E-state index is -0.466. The van der Waals surface area contributed by atoms with E-state index < -0.39 is 6.10 Å². The van der Waals surface area contributed by atoms with Crippen LogP contribution in [0.1, 0.15) is 31.3 Å². The van der Waals surface area contributed by atoms with E-state index in [0.717, 1.165) is 34.5 Å². The zero-order valence-corrected chi connectivity index (χ0v) is 11.7. The molecule has 102 valence electrons. The summed E-state index contributed by atoms with van der Waals surface area (Å²) in [7, 11) is 0. The van der Waals surface area contributed by atoms with Crippen molar-refractivity contribution in [1.29, 1.82) is 0 Å². The maximum atomic E-state index is 9.70. The third-order valence-electron chi connectivity index (χ3n) is 3.56. The molecule has 0 saturated heterocycles. The van der Waals surface area contributed by atoms with Crippen LogP contribution in [0.5, 0.6) is 0 Å². The molecule has 0 radical (unpaired) electrons. The Bertz CT molecular complexity index is 729. The molecule has 1 atom stereocenters. The molecule has 0 aliphatic heterocycles. The number of aliphatic hydroxyl groups excluding tert-OH is 1. The molecule has 1 N–H and O–H groups in total. The lowest BCUT2D eigenvalue weighted by Crippen LogP contribution is -1.99. The molecular weight excluding hydrogens is 248 g/mol. The highest BCUT2D eigenvalue weighted by atomic mass is 16.3. The van der Waals surface area contributed by atoms with E-state index in [1.165, 1.54) is 0 Å². The summed E-state index contributed by atoms with van der Waals surface area (Å²) in [6.45, 7) is 3.88. The van der Waals surface area contributed by atoms with Gasteiger partial charge in [-0.1, -0.05) is 31.2 Å². The van der Waals surface area contributed by atoms with Crippen LogP contribution in [0.15, 0.2) is 48.5 Å². The first-order valence-electron chi connectivity index (χ1n) is 6.95. The predicted octanol–water partition coefficient (Wildman–Crippen LogP) is 3.64. The summed E-state index contributed by atoms with van der Waals surface area (Å²) in [6.07, 6.45) is 0.402. The van der Waals surface area contributed by atoms with Crippen LogP contribution < -0.4 is 0 Å². The number of aromatic nitrogens is 2. The number of aliphatic hydroxyl groups is 1. The van der Waals surface area contributed by atoms with Crippen LogP contribution in [0.4, 0.5) is 0 Å². The Kier molecular flexibility index (Phi) is 3.28. The van der Waals surface area contributed by atoms with E-state index in [-0.39, 0.29) is 0 Å². The van der Waals surface area contributed by atoms with E-state index in [1.54, 1.807) is 6.92 Å². The van der Waals surface area contributed by atoms with Crippen LogP contribution in [-0.4, -0.2) is 14.7 Å². The molecule has 3 aromatic rings. The Morgan fingerprint density at radius 3 is 2.55 bits per heavy atom. The summed E-state index contributed by atoms with van der Waals surface area (Å²) in [4.78, 5) is 4.70. The number of para-hydroxylation sites is 1. The number of aryl methyl sites for hydroxylation is 1. The van der Waals surface area contributed by atoms with Gasteiger partial charge in [0.15, 0.2) is 0 Å². The molecule has 0 amide bonds. The van der Waals surface area contributed by atoms with Crippen molar-refractivity contribution in [3.05, 3.63) is 59.9 Å². The van der Waals surface area contributed by atoms with Crippen LogP contribution in [0.25, 0.3) is 16.7 Å². The van der Waals surface area contributed by atoms with Crippen LogP contribution in [0.2, 0.25) is 0 Å². The van der Waals surface area contributed by atoms with E-state index in [4.69, 9.17) is 4.98 Å². The van der Waals surface area contributed by atoms with Crippen LogP contribution >= 0.6 is 0 Å². The molecule has 0 aliphatic carbocycles. The molecular formula is C17H18N2O. The fourth-order valence-electron chi connectivity index (χ4n) is 2.51. The number of benzene rings is 2. The number of rotatable bonds is 3. The third-order valence-corrected chi connectivity index (χ3v) is 3.56. The van der Waals surface area contributed by atoms with Crippen molar-refractivity contribution in [2.45, 2.75) is 26.4 Å². The van der Waals surface area contributed by atoms with Crippen LogP contribution in [0, 0.1) is 0 Å². The summed E-state index contributed by atoms with van der Waals surface area (Å²) < 4.78 is 2.18. The van der Waals surface area contributed by atoms with E-state index in [0.29, 0.717) is 0 Å². The molecule has 0 bridgehead atoms. The van der Waals surface area contributed by atoms with E-state index >= 15 is 0 Å². The van der Waals surface area contributed by atoms with Gasteiger partial charge in [0.2, 0.25) is 0 Å². The van der Waals surface area contributed by atoms with E-state index in [9.17, 15) is 5.11 Å². The van der Waals surface area contributed by atoms with E-state index in [2.05, 4.69) is 23.6 Å². The Morgan fingerprint density at radius 2 is 1.90 bits per heavy atom. The molecule has 1 heterocycles. The summed E-state index contributed by atoms with van der Waals surface area (Å²) in [5.74, 6) is 1.04. The zero-order valence-electron chi connectivity index (χ0n) is 11.7. The Morgan fingerprint density at radius 1 is 1.15 bits per heavy atom. The van der Waals surface area contributed by atoms with Gasteiger partial charge in [-0.15, -0.1) is 0 Å². The SMILES string of the molecule is CCc1nc2cc(C(C)O)ccc2n1-c1ccccc1. The van der Waals surface area contributed by atoms with E-state index in [1.807, 2.05) is 36.4 Å². The van der Waals surface area contributed by atoms with Gasteiger partial charge in [-0.2, -0.15) is 0 Å². The van der Waals surface area contributed by atoms with Gasteiger partial charge >= 0.3 is 0 Å². The molecule has 0 fully saturated rings. The van der Waals surface area contributed by atoms with Gasteiger partial charge in [-0.05, 0) is 36.8 Å². The molecule has 0 spiro atoms.